The van der Waals surface area contributed by atoms with Crippen molar-refractivity contribution in [3.05, 3.63) is 30.1 Å². The monoisotopic (exact) mass is 247 g/mol. The molecule has 1 N–H and O–H groups in total. The van der Waals surface area contributed by atoms with Gasteiger partial charge in [-0.3, -0.25) is 4.79 Å². The molecule has 0 bridgehead atoms. The van der Waals surface area contributed by atoms with Gasteiger partial charge in [0.25, 0.3) is 5.91 Å². The number of ether oxygens (including phenoxy) is 1. The fraction of sp³-hybridized carbons (Fsp3) is 0.538. The second kappa shape index (κ2) is 4.84. The molecule has 0 unspecified atom stereocenters. The van der Waals surface area contributed by atoms with Gasteiger partial charge in [0.2, 0.25) is 0 Å². The first-order valence-electron chi connectivity index (χ1n) is 6.44. The van der Waals surface area contributed by atoms with Crippen LogP contribution in [0.2, 0.25) is 0 Å². The molecule has 0 aliphatic carbocycles. The number of aromatic nitrogens is 2. The van der Waals surface area contributed by atoms with Crippen LogP contribution in [0, 0.1) is 0 Å². The lowest BCUT2D eigenvalue weighted by atomic mass is 10.1. The zero-order chi connectivity index (χ0) is 12.4. The van der Waals surface area contributed by atoms with Crippen molar-refractivity contribution in [3.63, 3.8) is 0 Å². The lowest BCUT2D eigenvalue weighted by Crippen LogP contribution is -2.41. The standard InChI is InChI=1S/C13H17N3O2/c17-13(10-2-1-7-18-9-10)15-11-3-4-12-14-5-6-16(12)8-11/h5-6,9,11H,1-4,7-8H2,(H,15,17)/t11-/m0/s1. The average Bonchev–Trinajstić information content (AvgIpc) is 2.87. The van der Waals surface area contributed by atoms with Crippen LogP contribution in [0.5, 0.6) is 0 Å². The Morgan fingerprint density at radius 1 is 1.50 bits per heavy atom. The molecule has 5 heteroatoms. The number of nitrogens with one attached hydrogen (secondary N) is 1. The Labute approximate surface area is 106 Å². The molecule has 1 aromatic rings. The molecule has 0 radical (unpaired) electrons. The lowest BCUT2D eigenvalue weighted by molar-refractivity contribution is -0.118. The Morgan fingerprint density at radius 3 is 3.28 bits per heavy atom. The number of amides is 1. The van der Waals surface area contributed by atoms with Gasteiger partial charge in [0, 0.05) is 31.4 Å². The molecular formula is C13H17N3O2. The average molecular weight is 247 g/mol. The number of hydrogen-bond acceptors (Lipinski definition) is 3. The molecule has 0 saturated heterocycles. The molecule has 18 heavy (non-hydrogen) atoms. The summed E-state index contributed by atoms with van der Waals surface area (Å²) >= 11 is 0. The minimum atomic E-state index is 0.0169. The highest BCUT2D eigenvalue weighted by molar-refractivity contribution is 5.93. The molecule has 1 aromatic heterocycles. The van der Waals surface area contributed by atoms with E-state index in [1.54, 1.807) is 6.26 Å². The SMILES string of the molecule is O=C(N[C@H]1CCc2nccn2C1)C1=COCCC1. The molecule has 0 spiro atoms. The Bertz CT molecular complexity index is 478. The molecule has 2 aliphatic rings. The molecule has 2 aliphatic heterocycles. The molecule has 0 saturated carbocycles. The molecule has 0 fully saturated rings. The van der Waals surface area contributed by atoms with Gasteiger partial charge in [0.15, 0.2) is 0 Å². The summed E-state index contributed by atoms with van der Waals surface area (Å²) in [4.78, 5) is 16.3. The van der Waals surface area contributed by atoms with Crippen molar-refractivity contribution in [1.29, 1.82) is 0 Å². The van der Waals surface area contributed by atoms with Gasteiger partial charge in [-0.25, -0.2) is 4.98 Å². The number of carbonyl (C=O) groups excluding carboxylic acids is 1. The van der Waals surface area contributed by atoms with Gasteiger partial charge < -0.3 is 14.6 Å². The van der Waals surface area contributed by atoms with E-state index in [9.17, 15) is 4.79 Å². The first kappa shape index (κ1) is 11.3. The summed E-state index contributed by atoms with van der Waals surface area (Å²) in [7, 11) is 0. The van der Waals surface area contributed by atoms with Crippen molar-refractivity contribution in [2.75, 3.05) is 6.61 Å². The Hall–Kier alpha value is -1.78. The first-order chi connectivity index (χ1) is 8.83. The molecule has 0 aromatic carbocycles. The third-order valence-electron chi connectivity index (χ3n) is 3.50. The topological polar surface area (TPSA) is 56.2 Å². The van der Waals surface area contributed by atoms with Gasteiger partial charge in [0.1, 0.15) is 5.82 Å². The molecule has 96 valence electrons. The largest absolute Gasteiger partial charge is 0.501 e. The van der Waals surface area contributed by atoms with Crippen LogP contribution in [0.25, 0.3) is 0 Å². The third-order valence-corrected chi connectivity index (χ3v) is 3.50. The number of hydrogen-bond donors (Lipinski definition) is 1. The maximum absolute atomic E-state index is 12.0. The van der Waals surface area contributed by atoms with E-state index in [0.29, 0.717) is 0 Å². The highest BCUT2D eigenvalue weighted by Crippen LogP contribution is 2.15. The minimum absolute atomic E-state index is 0.0169. The summed E-state index contributed by atoms with van der Waals surface area (Å²) in [6.45, 7) is 1.54. The van der Waals surface area contributed by atoms with Crippen molar-refractivity contribution in [1.82, 2.24) is 14.9 Å². The highest BCUT2D eigenvalue weighted by atomic mass is 16.5. The number of carbonyl (C=O) groups is 1. The molecule has 1 atom stereocenters. The van der Waals surface area contributed by atoms with Crippen LogP contribution in [-0.4, -0.2) is 28.1 Å². The molecular weight excluding hydrogens is 230 g/mol. The van der Waals surface area contributed by atoms with E-state index < -0.39 is 0 Å². The fourth-order valence-corrected chi connectivity index (χ4v) is 2.49. The summed E-state index contributed by atoms with van der Waals surface area (Å²) in [5.74, 6) is 1.13. The molecule has 1 amide bonds. The van der Waals surface area contributed by atoms with E-state index in [4.69, 9.17) is 4.74 Å². The smallest absolute Gasteiger partial charge is 0.250 e. The van der Waals surface area contributed by atoms with Crippen molar-refractivity contribution >= 4 is 5.91 Å². The summed E-state index contributed by atoms with van der Waals surface area (Å²) in [6, 6.07) is 0.196. The summed E-state index contributed by atoms with van der Waals surface area (Å²) in [6.07, 6.45) is 9.01. The van der Waals surface area contributed by atoms with Gasteiger partial charge in [0.05, 0.1) is 18.4 Å². The Morgan fingerprint density at radius 2 is 2.44 bits per heavy atom. The first-order valence-corrected chi connectivity index (χ1v) is 6.44. The number of imidazole rings is 1. The zero-order valence-corrected chi connectivity index (χ0v) is 10.3. The predicted octanol–water partition coefficient (Wildman–Crippen LogP) is 1.01. The Balaban J connectivity index is 1.61. The predicted molar refractivity (Wildman–Crippen MR) is 65.7 cm³/mol. The van der Waals surface area contributed by atoms with Gasteiger partial charge in [-0.1, -0.05) is 0 Å². The van der Waals surface area contributed by atoms with Gasteiger partial charge in [-0.15, -0.1) is 0 Å². The van der Waals surface area contributed by atoms with Crippen LogP contribution in [0.3, 0.4) is 0 Å². The van der Waals surface area contributed by atoms with Crippen LogP contribution < -0.4 is 5.32 Å². The summed E-state index contributed by atoms with van der Waals surface area (Å²) < 4.78 is 7.31. The lowest BCUT2D eigenvalue weighted by Gasteiger charge is -2.25. The van der Waals surface area contributed by atoms with Crippen molar-refractivity contribution in [2.45, 2.75) is 38.3 Å². The highest BCUT2D eigenvalue weighted by Gasteiger charge is 2.22. The van der Waals surface area contributed by atoms with Crippen molar-refractivity contribution < 1.29 is 9.53 Å². The van der Waals surface area contributed by atoms with E-state index in [2.05, 4.69) is 14.9 Å². The maximum Gasteiger partial charge on any atom is 0.250 e. The number of rotatable bonds is 2. The van der Waals surface area contributed by atoms with Gasteiger partial charge in [-0.2, -0.15) is 0 Å². The van der Waals surface area contributed by atoms with Crippen LogP contribution in [-0.2, 0) is 22.5 Å². The van der Waals surface area contributed by atoms with Crippen molar-refractivity contribution in [2.24, 2.45) is 0 Å². The number of aryl methyl sites for hydroxylation is 1. The van der Waals surface area contributed by atoms with Crippen LogP contribution >= 0.6 is 0 Å². The van der Waals surface area contributed by atoms with E-state index in [-0.39, 0.29) is 11.9 Å². The van der Waals surface area contributed by atoms with Crippen molar-refractivity contribution in [3.8, 4) is 0 Å². The van der Waals surface area contributed by atoms with Gasteiger partial charge in [-0.05, 0) is 19.3 Å². The number of nitrogens with zero attached hydrogens (tertiary/aromatic N) is 2. The molecule has 3 heterocycles. The normalized spacial score (nSPS) is 22.7. The molecule has 3 rings (SSSR count). The second-order valence-corrected chi connectivity index (χ2v) is 4.82. The van der Waals surface area contributed by atoms with Crippen LogP contribution in [0.15, 0.2) is 24.2 Å². The third kappa shape index (κ3) is 2.25. The van der Waals surface area contributed by atoms with E-state index in [0.717, 1.165) is 50.2 Å². The fourth-order valence-electron chi connectivity index (χ4n) is 2.49. The minimum Gasteiger partial charge on any atom is -0.501 e. The Kier molecular flexibility index (Phi) is 3.04. The second-order valence-electron chi connectivity index (χ2n) is 4.82. The zero-order valence-electron chi connectivity index (χ0n) is 10.3. The van der Waals surface area contributed by atoms with Gasteiger partial charge >= 0.3 is 0 Å². The van der Waals surface area contributed by atoms with Crippen LogP contribution in [0.4, 0.5) is 0 Å². The van der Waals surface area contributed by atoms with E-state index in [1.807, 2.05) is 12.4 Å². The quantitative estimate of drug-likeness (QED) is 0.848. The summed E-state index contributed by atoms with van der Waals surface area (Å²) in [5, 5.41) is 3.08. The summed E-state index contributed by atoms with van der Waals surface area (Å²) in [5.41, 5.74) is 0.762. The molecule has 5 nitrogen and oxygen atoms in total. The van der Waals surface area contributed by atoms with E-state index in [1.165, 1.54) is 0 Å². The van der Waals surface area contributed by atoms with E-state index >= 15 is 0 Å². The number of fused-ring (bicyclic) bond motifs is 1. The van der Waals surface area contributed by atoms with Crippen LogP contribution in [0.1, 0.15) is 25.1 Å². The maximum atomic E-state index is 12.0.